The summed E-state index contributed by atoms with van der Waals surface area (Å²) >= 11 is 5.59. The average Bonchev–Trinajstić information content (AvgIpc) is 2.74. The third kappa shape index (κ3) is 2.92. The number of rotatable bonds is 6. The molecule has 0 bridgehead atoms. The van der Waals surface area contributed by atoms with E-state index in [0.29, 0.717) is 17.6 Å². The van der Waals surface area contributed by atoms with Gasteiger partial charge in [-0.15, -0.1) is 11.6 Å². The summed E-state index contributed by atoms with van der Waals surface area (Å²) in [4.78, 5) is 4.30. The molecule has 0 aromatic carbocycles. The Bertz CT molecular complexity index is 297. The predicted octanol–water partition coefficient (Wildman–Crippen LogP) is 2.51. The number of nitrogens with zero attached hydrogens (tertiary/aromatic N) is 2. The van der Waals surface area contributed by atoms with Crippen LogP contribution in [0.2, 0.25) is 0 Å². The first kappa shape index (κ1) is 12.5. The first-order valence-corrected chi connectivity index (χ1v) is 5.64. The van der Waals surface area contributed by atoms with Crippen molar-refractivity contribution < 1.29 is 9.26 Å². The molecule has 15 heavy (non-hydrogen) atoms. The molecule has 0 fully saturated rings. The Hall–Kier alpha value is -0.610. The zero-order chi connectivity index (χ0) is 11.3. The van der Waals surface area contributed by atoms with E-state index in [1.54, 1.807) is 7.11 Å². The van der Waals surface area contributed by atoms with Crippen molar-refractivity contribution in [2.24, 2.45) is 0 Å². The molecule has 0 aliphatic rings. The van der Waals surface area contributed by atoms with Crippen molar-refractivity contribution in [2.75, 3.05) is 13.0 Å². The Kier molecular flexibility index (Phi) is 4.54. The van der Waals surface area contributed by atoms with Crippen LogP contribution in [0.25, 0.3) is 0 Å². The maximum Gasteiger partial charge on any atom is 0.226 e. The van der Waals surface area contributed by atoms with Crippen LogP contribution in [0.15, 0.2) is 4.52 Å². The third-order valence-corrected chi connectivity index (χ3v) is 2.86. The van der Waals surface area contributed by atoms with Crippen LogP contribution in [0.1, 0.15) is 38.4 Å². The van der Waals surface area contributed by atoms with E-state index in [1.165, 1.54) is 0 Å². The normalized spacial score (nSPS) is 15.2. The van der Waals surface area contributed by atoms with Gasteiger partial charge in [-0.05, 0) is 19.8 Å². The first-order chi connectivity index (χ1) is 7.16. The molecule has 0 radical (unpaired) electrons. The molecule has 0 aliphatic heterocycles. The molecule has 1 aromatic rings. The van der Waals surface area contributed by atoms with Gasteiger partial charge in [0.05, 0.1) is 0 Å². The van der Waals surface area contributed by atoms with Gasteiger partial charge < -0.3 is 9.26 Å². The molecule has 0 saturated heterocycles. The molecule has 1 aromatic heterocycles. The summed E-state index contributed by atoms with van der Waals surface area (Å²) in [7, 11) is 1.65. The van der Waals surface area contributed by atoms with Crippen molar-refractivity contribution in [1.82, 2.24) is 10.1 Å². The zero-order valence-corrected chi connectivity index (χ0v) is 10.2. The number of aromatic nitrogens is 2. The maximum absolute atomic E-state index is 5.59. The number of halogens is 1. The number of methoxy groups -OCH3 is 1. The molecule has 0 N–H and O–H groups in total. The van der Waals surface area contributed by atoms with Gasteiger partial charge in [-0.2, -0.15) is 4.98 Å². The van der Waals surface area contributed by atoms with Gasteiger partial charge in [-0.1, -0.05) is 12.1 Å². The maximum atomic E-state index is 5.59. The van der Waals surface area contributed by atoms with E-state index in [9.17, 15) is 0 Å². The number of hydrogen-bond acceptors (Lipinski definition) is 4. The highest BCUT2D eigenvalue weighted by molar-refractivity contribution is 6.17. The third-order valence-electron chi connectivity index (χ3n) is 2.59. The van der Waals surface area contributed by atoms with Crippen molar-refractivity contribution in [3.05, 3.63) is 11.7 Å². The van der Waals surface area contributed by atoms with E-state index in [4.69, 9.17) is 20.9 Å². The molecule has 0 saturated carbocycles. The summed E-state index contributed by atoms with van der Waals surface area (Å²) in [6.45, 7) is 3.97. The second kappa shape index (κ2) is 5.47. The van der Waals surface area contributed by atoms with Crippen molar-refractivity contribution in [1.29, 1.82) is 0 Å². The van der Waals surface area contributed by atoms with Crippen molar-refractivity contribution in [3.63, 3.8) is 0 Å². The summed E-state index contributed by atoms with van der Waals surface area (Å²) in [6.07, 6.45) is 2.37. The summed E-state index contributed by atoms with van der Waals surface area (Å²) < 4.78 is 10.5. The molecule has 0 spiro atoms. The minimum absolute atomic E-state index is 0.456. The van der Waals surface area contributed by atoms with Crippen molar-refractivity contribution >= 4 is 11.6 Å². The number of hydrogen-bond donors (Lipinski definition) is 0. The van der Waals surface area contributed by atoms with Gasteiger partial charge in [0.15, 0.2) is 0 Å². The van der Waals surface area contributed by atoms with Crippen LogP contribution in [0.3, 0.4) is 0 Å². The lowest BCUT2D eigenvalue weighted by molar-refractivity contribution is -0.0106. The van der Waals surface area contributed by atoms with Gasteiger partial charge in [0.25, 0.3) is 0 Å². The molecule has 1 atom stereocenters. The van der Waals surface area contributed by atoms with Crippen LogP contribution < -0.4 is 0 Å². The minimum Gasteiger partial charge on any atom is -0.370 e. The monoisotopic (exact) mass is 232 g/mol. The molecule has 1 unspecified atom stereocenters. The second-order valence-corrected chi connectivity index (χ2v) is 3.97. The van der Waals surface area contributed by atoms with Crippen LogP contribution in [0, 0.1) is 0 Å². The largest absolute Gasteiger partial charge is 0.370 e. The second-order valence-electron chi connectivity index (χ2n) is 3.59. The number of alkyl halides is 1. The highest BCUT2D eigenvalue weighted by Gasteiger charge is 2.29. The minimum atomic E-state index is -0.456. The van der Waals surface area contributed by atoms with Crippen LogP contribution in [0.5, 0.6) is 0 Å². The van der Waals surface area contributed by atoms with Gasteiger partial charge in [-0.25, -0.2) is 0 Å². The highest BCUT2D eigenvalue weighted by atomic mass is 35.5. The van der Waals surface area contributed by atoms with Gasteiger partial charge >= 0.3 is 0 Å². The fraction of sp³-hybridized carbons (Fsp3) is 0.800. The van der Waals surface area contributed by atoms with Crippen LogP contribution in [-0.4, -0.2) is 23.1 Å². The van der Waals surface area contributed by atoms with E-state index >= 15 is 0 Å². The van der Waals surface area contributed by atoms with Crippen LogP contribution in [-0.2, 0) is 16.8 Å². The SMILES string of the molecule is CCC(C)(OC)c1noc(CCCCl)n1. The average molecular weight is 233 g/mol. The van der Waals surface area contributed by atoms with Crippen molar-refractivity contribution in [2.45, 2.75) is 38.7 Å². The molecule has 5 heteroatoms. The van der Waals surface area contributed by atoms with E-state index in [-0.39, 0.29) is 0 Å². The molecule has 4 nitrogen and oxygen atoms in total. The summed E-state index contributed by atoms with van der Waals surface area (Å²) in [5.74, 6) is 1.84. The van der Waals surface area contributed by atoms with Gasteiger partial charge in [0, 0.05) is 19.4 Å². The van der Waals surface area contributed by atoms with E-state index in [1.807, 2.05) is 13.8 Å². The lowest BCUT2D eigenvalue weighted by Gasteiger charge is -2.21. The lowest BCUT2D eigenvalue weighted by Crippen LogP contribution is -2.24. The molecule has 1 heterocycles. The Balaban J connectivity index is 2.74. The Morgan fingerprint density at radius 1 is 1.53 bits per heavy atom. The molecular formula is C10H17ClN2O2. The Labute approximate surface area is 95.0 Å². The van der Waals surface area contributed by atoms with E-state index in [0.717, 1.165) is 19.3 Å². The van der Waals surface area contributed by atoms with E-state index in [2.05, 4.69) is 10.1 Å². The topological polar surface area (TPSA) is 48.2 Å². The van der Waals surface area contributed by atoms with Crippen LogP contribution >= 0.6 is 11.6 Å². The quantitative estimate of drug-likeness (QED) is 0.708. The predicted molar refractivity (Wildman–Crippen MR) is 58.0 cm³/mol. The number of ether oxygens (including phenoxy) is 1. The Morgan fingerprint density at radius 2 is 2.27 bits per heavy atom. The lowest BCUT2D eigenvalue weighted by atomic mass is 10.0. The zero-order valence-electron chi connectivity index (χ0n) is 9.42. The van der Waals surface area contributed by atoms with Gasteiger partial charge in [-0.3, -0.25) is 0 Å². The summed E-state index contributed by atoms with van der Waals surface area (Å²) in [5.41, 5.74) is -0.456. The highest BCUT2D eigenvalue weighted by Crippen LogP contribution is 2.25. The smallest absolute Gasteiger partial charge is 0.226 e. The standard InChI is InChI=1S/C10H17ClN2O2/c1-4-10(2,14-3)9-12-8(15-13-9)6-5-7-11/h4-7H2,1-3H3. The summed E-state index contributed by atoms with van der Waals surface area (Å²) in [5, 5.41) is 3.93. The first-order valence-electron chi connectivity index (χ1n) is 5.10. The Morgan fingerprint density at radius 3 is 2.80 bits per heavy atom. The fourth-order valence-corrected chi connectivity index (χ4v) is 1.32. The molecular weight excluding hydrogens is 216 g/mol. The molecule has 1 rings (SSSR count). The van der Waals surface area contributed by atoms with Gasteiger partial charge in [0.1, 0.15) is 5.60 Å². The number of aryl methyl sites for hydroxylation is 1. The van der Waals surface area contributed by atoms with Gasteiger partial charge in [0.2, 0.25) is 11.7 Å². The fourth-order valence-electron chi connectivity index (χ4n) is 1.18. The van der Waals surface area contributed by atoms with Crippen LogP contribution in [0.4, 0.5) is 0 Å². The molecule has 0 aliphatic carbocycles. The molecule has 0 amide bonds. The van der Waals surface area contributed by atoms with E-state index < -0.39 is 5.60 Å². The molecule has 86 valence electrons. The van der Waals surface area contributed by atoms with Crippen molar-refractivity contribution in [3.8, 4) is 0 Å². The summed E-state index contributed by atoms with van der Waals surface area (Å²) in [6, 6.07) is 0.